The second-order valence-corrected chi connectivity index (χ2v) is 8.43. The minimum Gasteiger partial charge on any atom is -0.465 e. The lowest BCUT2D eigenvalue weighted by atomic mass is 9.49. The van der Waals surface area contributed by atoms with Crippen LogP contribution >= 0.6 is 0 Å². The first-order chi connectivity index (χ1) is 12.0. The van der Waals surface area contributed by atoms with Crippen LogP contribution in [0.2, 0.25) is 0 Å². The molecule has 4 aliphatic rings. The zero-order valence-electron chi connectivity index (χ0n) is 14.6. The largest absolute Gasteiger partial charge is 0.465 e. The molecule has 0 amide bonds. The van der Waals surface area contributed by atoms with E-state index in [1.807, 2.05) is 0 Å². The van der Waals surface area contributed by atoms with E-state index in [2.05, 4.69) is 10.1 Å². The van der Waals surface area contributed by atoms with Crippen LogP contribution in [0.5, 0.6) is 0 Å². The van der Waals surface area contributed by atoms with Gasteiger partial charge in [0.2, 0.25) is 0 Å². The summed E-state index contributed by atoms with van der Waals surface area (Å²) in [6.45, 7) is 0.981. The molecule has 136 valence electrons. The molecule has 0 saturated heterocycles. The number of methoxy groups -OCH3 is 1. The molecule has 0 aliphatic heterocycles. The smallest absolute Gasteiger partial charge is 0.338 e. The third-order valence-electron chi connectivity index (χ3n) is 6.53. The molecule has 4 saturated carbocycles. The number of hydrogen-bond acceptors (Lipinski definition) is 3. The SMILES string of the molecule is COC(=O)c1cc(F)c(CNCC23CC4CC(CC(C4)C2)C3)c(F)c1. The van der Waals surface area contributed by atoms with Crippen molar-refractivity contribution in [1.29, 1.82) is 0 Å². The number of carbonyl (C=O) groups is 1. The molecule has 5 heteroatoms. The van der Waals surface area contributed by atoms with E-state index < -0.39 is 17.6 Å². The standard InChI is InChI=1S/C20H25F2NO2/c1-25-19(24)15-5-17(21)16(18(22)6-15)10-23-11-20-7-12-2-13(8-20)4-14(3-12)9-20/h5-6,12-14,23H,2-4,7-11H2,1H3. The summed E-state index contributed by atoms with van der Waals surface area (Å²) in [6, 6.07) is 2.10. The van der Waals surface area contributed by atoms with E-state index in [0.29, 0.717) is 5.41 Å². The fraction of sp³-hybridized carbons (Fsp3) is 0.650. The molecule has 4 bridgehead atoms. The highest BCUT2D eigenvalue weighted by Gasteiger charge is 2.50. The van der Waals surface area contributed by atoms with Crippen molar-refractivity contribution in [3.8, 4) is 0 Å². The highest BCUT2D eigenvalue weighted by molar-refractivity contribution is 5.89. The van der Waals surface area contributed by atoms with Crippen molar-refractivity contribution in [2.24, 2.45) is 23.2 Å². The molecule has 0 radical (unpaired) electrons. The molecule has 0 unspecified atom stereocenters. The summed E-state index contributed by atoms with van der Waals surface area (Å²) in [7, 11) is 1.19. The zero-order chi connectivity index (χ0) is 17.6. The molecular formula is C20H25F2NO2. The van der Waals surface area contributed by atoms with Crippen LogP contribution in [-0.2, 0) is 11.3 Å². The Labute approximate surface area is 147 Å². The summed E-state index contributed by atoms with van der Waals surface area (Å²) in [5.74, 6) is 0.463. The molecule has 0 aromatic heterocycles. The Morgan fingerprint density at radius 1 is 1.12 bits per heavy atom. The lowest BCUT2D eigenvalue weighted by Gasteiger charge is -2.57. The van der Waals surface area contributed by atoms with Gasteiger partial charge >= 0.3 is 5.97 Å². The summed E-state index contributed by atoms with van der Waals surface area (Å²) >= 11 is 0. The minimum atomic E-state index is -0.731. The van der Waals surface area contributed by atoms with Crippen molar-refractivity contribution in [1.82, 2.24) is 5.32 Å². The third-order valence-corrected chi connectivity index (χ3v) is 6.53. The van der Waals surface area contributed by atoms with E-state index in [1.54, 1.807) is 0 Å². The fourth-order valence-electron chi connectivity index (χ4n) is 5.97. The quantitative estimate of drug-likeness (QED) is 0.815. The van der Waals surface area contributed by atoms with Gasteiger partial charge in [0.15, 0.2) is 0 Å². The highest BCUT2D eigenvalue weighted by Crippen LogP contribution is 2.59. The number of ether oxygens (including phenoxy) is 1. The second kappa shape index (κ2) is 6.35. The molecule has 1 aromatic carbocycles. The van der Waals surface area contributed by atoms with Gasteiger partial charge in [0.25, 0.3) is 0 Å². The van der Waals surface area contributed by atoms with E-state index in [9.17, 15) is 13.6 Å². The van der Waals surface area contributed by atoms with Gasteiger partial charge in [-0.1, -0.05) is 0 Å². The molecular weight excluding hydrogens is 324 g/mol. The Morgan fingerprint density at radius 3 is 2.12 bits per heavy atom. The van der Waals surface area contributed by atoms with Crippen LogP contribution in [-0.4, -0.2) is 19.6 Å². The molecule has 4 aliphatic carbocycles. The van der Waals surface area contributed by atoms with Crippen molar-refractivity contribution < 1.29 is 18.3 Å². The zero-order valence-corrected chi connectivity index (χ0v) is 14.6. The monoisotopic (exact) mass is 349 g/mol. The first kappa shape index (κ1) is 17.0. The molecule has 0 spiro atoms. The van der Waals surface area contributed by atoms with Gasteiger partial charge in [-0.15, -0.1) is 0 Å². The number of carbonyl (C=O) groups excluding carboxylic acids is 1. The van der Waals surface area contributed by atoms with E-state index in [-0.39, 0.29) is 17.7 Å². The Hall–Kier alpha value is -1.49. The Bertz CT molecular complexity index is 630. The minimum absolute atomic E-state index is 0.00242. The van der Waals surface area contributed by atoms with Gasteiger partial charge in [-0.05, 0) is 73.8 Å². The lowest BCUT2D eigenvalue weighted by Crippen LogP contribution is -2.50. The Morgan fingerprint density at radius 2 is 1.64 bits per heavy atom. The average molecular weight is 349 g/mol. The number of benzene rings is 1. The van der Waals surface area contributed by atoms with Crippen LogP contribution in [0.1, 0.15) is 54.4 Å². The average Bonchev–Trinajstić information content (AvgIpc) is 2.55. The van der Waals surface area contributed by atoms with Crippen LogP contribution < -0.4 is 5.32 Å². The second-order valence-electron chi connectivity index (χ2n) is 8.43. The summed E-state index contributed by atoms with van der Waals surface area (Å²) in [4.78, 5) is 11.4. The number of rotatable bonds is 5. The van der Waals surface area contributed by atoms with Crippen LogP contribution in [0.25, 0.3) is 0 Å². The van der Waals surface area contributed by atoms with Crippen molar-refractivity contribution in [3.63, 3.8) is 0 Å². The summed E-state index contributed by atoms with van der Waals surface area (Å²) < 4.78 is 32.9. The predicted molar refractivity (Wildman–Crippen MR) is 90.0 cm³/mol. The highest BCUT2D eigenvalue weighted by atomic mass is 19.1. The number of nitrogens with one attached hydrogen (secondary N) is 1. The third kappa shape index (κ3) is 3.19. The van der Waals surface area contributed by atoms with Gasteiger partial charge in [0.05, 0.1) is 12.7 Å². The van der Waals surface area contributed by atoms with Gasteiger partial charge < -0.3 is 10.1 Å². The van der Waals surface area contributed by atoms with Crippen molar-refractivity contribution >= 4 is 5.97 Å². The van der Waals surface area contributed by atoms with Gasteiger partial charge in [0.1, 0.15) is 11.6 Å². The van der Waals surface area contributed by atoms with Gasteiger partial charge in [-0.3, -0.25) is 0 Å². The Kier molecular flexibility index (Phi) is 4.30. The maximum absolute atomic E-state index is 14.2. The molecule has 1 aromatic rings. The van der Waals surface area contributed by atoms with Crippen molar-refractivity contribution in [3.05, 3.63) is 34.9 Å². The molecule has 0 heterocycles. The predicted octanol–water partition coefficient (Wildman–Crippen LogP) is 4.06. The van der Waals surface area contributed by atoms with E-state index in [1.165, 1.54) is 45.6 Å². The van der Waals surface area contributed by atoms with Gasteiger partial charge in [0, 0.05) is 18.7 Å². The number of esters is 1. The van der Waals surface area contributed by atoms with Crippen LogP contribution in [0.3, 0.4) is 0 Å². The molecule has 3 nitrogen and oxygen atoms in total. The van der Waals surface area contributed by atoms with E-state index in [4.69, 9.17) is 0 Å². The summed E-state index contributed by atoms with van der Waals surface area (Å²) in [5, 5.41) is 3.31. The van der Waals surface area contributed by atoms with E-state index >= 15 is 0 Å². The maximum atomic E-state index is 14.2. The van der Waals surface area contributed by atoms with Crippen LogP contribution in [0.15, 0.2) is 12.1 Å². The van der Waals surface area contributed by atoms with Gasteiger partial charge in [-0.25, -0.2) is 13.6 Å². The topological polar surface area (TPSA) is 38.3 Å². The summed E-state index contributed by atoms with van der Waals surface area (Å²) in [5.41, 5.74) is 0.230. The van der Waals surface area contributed by atoms with Crippen molar-refractivity contribution in [2.75, 3.05) is 13.7 Å². The van der Waals surface area contributed by atoms with E-state index in [0.717, 1.165) is 36.4 Å². The normalized spacial score (nSPS) is 32.8. The Balaban J connectivity index is 1.41. The molecule has 1 N–H and O–H groups in total. The number of halogens is 2. The van der Waals surface area contributed by atoms with Crippen LogP contribution in [0.4, 0.5) is 8.78 Å². The van der Waals surface area contributed by atoms with Crippen LogP contribution in [0, 0.1) is 34.8 Å². The number of hydrogen-bond donors (Lipinski definition) is 1. The lowest BCUT2D eigenvalue weighted by molar-refractivity contribution is -0.0514. The molecule has 5 rings (SSSR count). The fourth-order valence-corrected chi connectivity index (χ4v) is 5.97. The maximum Gasteiger partial charge on any atom is 0.338 e. The first-order valence-corrected chi connectivity index (χ1v) is 9.25. The summed E-state index contributed by atoms with van der Waals surface area (Å²) in [6.07, 6.45) is 7.95. The van der Waals surface area contributed by atoms with Gasteiger partial charge in [-0.2, -0.15) is 0 Å². The molecule has 0 atom stereocenters. The van der Waals surface area contributed by atoms with Crippen molar-refractivity contribution in [2.45, 2.75) is 45.1 Å². The molecule has 25 heavy (non-hydrogen) atoms. The molecule has 4 fully saturated rings. The first-order valence-electron chi connectivity index (χ1n) is 9.25.